The summed E-state index contributed by atoms with van der Waals surface area (Å²) in [4.78, 5) is 26.5. The van der Waals surface area contributed by atoms with Crippen molar-refractivity contribution in [3.8, 4) is 0 Å². The fourth-order valence-electron chi connectivity index (χ4n) is 4.28. The van der Waals surface area contributed by atoms with Gasteiger partial charge in [-0.3, -0.25) is 9.59 Å². The van der Waals surface area contributed by atoms with Crippen LogP contribution in [0.2, 0.25) is 0 Å². The van der Waals surface area contributed by atoms with Crippen LogP contribution < -0.4 is 5.32 Å². The molecule has 0 saturated carbocycles. The van der Waals surface area contributed by atoms with E-state index in [4.69, 9.17) is 9.47 Å². The van der Waals surface area contributed by atoms with Gasteiger partial charge in [0, 0.05) is 38.4 Å². The second kappa shape index (κ2) is 11.8. The Hall–Kier alpha value is -3.16. The van der Waals surface area contributed by atoms with Crippen molar-refractivity contribution in [1.82, 2.24) is 10.2 Å². The second-order valence-electron chi connectivity index (χ2n) is 8.71. The lowest BCUT2D eigenvalue weighted by Crippen LogP contribution is -2.34. The van der Waals surface area contributed by atoms with Gasteiger partial charge in [0.25, 0.3) is 5.91 Å². The second-order valence-corrected chi connectivity index (χ2v) is 8.71. The van der Waals surface area contributed by atoms with Crippen LogP contribution in [0.25, 0.3) is 0 Å². The average molecular weight is 465 g/mol. The highest BCUT2D eigenvalue weighted by Crippen LogP contribution is 2.31. The molecule has 2 aliphatic rings. The number of rotatable bonds is 10. The molecule has 0 unspecified atom stereocenters. The van der Waals surface area contributed by atoms with Gasteiger partial charge in [0.15, 0.2) is 5.76 Å². The SMILES string of the molecule is O=C(NCCCN1CCCC1=O)C1=C[C@H](c2ccccc2)C[C@H](OCc2ccc(CO)cc2)O1. The summed E-state index contributed by atoms with van der Waals surface area (Å²) in [6, 6.07) is 17.6. The van der Waals surface area contributed by atoms with Crippen LogP contribution in [-0.2, 0) is 32.3 Å². The third kappa shape index (κ3) is 6.46. The molecular weight excluding hydrogens is 432 g/mol. The molecule has 0 spiro atoms. The Kier molecular flexibility index (Phi) is 8.33. The van der Waals surface area contributed by atoms with E-state index in [1.54, 1.807) is 0 Å². The fourth-order valence-corrected chi connectivity index (χ4v) is 4.28. The standard InChI is InChI=1S/C27H32N2O5/c30-18-20-9-11-21(12-10-20)19-33-26-17-23(22-6-2-1-3-7-22)16-24(34-26)27(32)28-13-5-15-29-14-4-8-25(29)31/h1-3,6-7,9-12,16,23,26,30H,4-5,8,13-15,17-19H2,(H,28,32)/t23-,26+/m0/s1. The van der Waals surface area contributed by atoms with Crippen LogP contribution in [-0.4, -0.2) is 47.7 Å². The van der Waals surface area contributed by atoms with E-state index in [2.05, 4.69) is 5.32 Å². The first-order valence-corrected chi connectivity index (χ1v) is 11.9. The fraction of sp³-hybridized carbons (Fsp3) is 0.407. The summed E-state index contributed by atoms with van der Waals surface area (Å²) in [5.41, 5.74) is 2.91. The summed E-state index contributed by atoms with van der Waals surface area (Å²) >= 11 is 0. The maximum absolute atomic E-state index is 12.9. The van der Waals surface area contributed by atoms with E-state index >= 15 is 0 Å². The zero-order valence-corrected chi connectivity index (χ0v) is 19.3. The first kappa shape index (κ1) is 24.0. The molecule has 2 heterocycles. The number of hydrogen-bond donors (Lipinski definition) is 2. The lowest BCUT2D eigenvalue weighted by molar-refractivity contribution is -0.150. The minimum atomic E-state index is -0.560. The van der Waals surface area contributed by atoms with Gasteiger partial charge in [-0.1, -0.05) is 54.6 Å². The predicted molar refractivity (Wildman–Crippen MR) is 127 cm³/mol. The highest BCUT2D eigenvalue weighted by Gasteiger charge is 2.29. The Labute approximate surface area is 200 Å². The maximum atomic E-state index is 12.9. The number of nitrogens with zero attached hydrogens (tertiary/aromatic N) is 1. The third-order valence-corrected chi connectivity index (χ3v) is 6.21. The van der Waals surface area contributed by atoms with E-state index in [0.717, 1.165) is 29.7 Å². The predicted octanol–water partition coefficient (Wildman–Crippen LogP) is 3.24. The molecule has 2 aromatic carbocycles. The first-order chi connectivity index (χ1) is 16.6. The molecule has 0 bridgehead atoms. The number of carbonyl (C=O) groups excluding carboxylic acids is 2. The van der Waals surface area contributed by atoms with Gasteiger partial charge in [-0.05, 0) is 35.6 Å². The van der Waals surface area contributed by atoms with Crippen molar-refractivity contribution in [3.63, 3.8) is 0 Å². The van der Waals surface area contributed by atoms with E-state index in [1.807, 2.05) is 65.6 Å². The molecule has 2 aromatic rings. The quantitative estimate of drug-likeness (QED) is 0.527. The van der Waals surface area contributed by atoms with Gasteiger partial charge in [0.2, 0.25) is 12.2 Å². The highest BCUT2D eigenvalue weighted by molar-refractivity contribution is 5.91. The van der Waals surface area contributed by atoms with Crippen molar-refractivity contribution in [2.45, 2.75) is 51.1 Å². The Morgan fingerprint density at radius 3 is 2.59 bits per heavy atom. The molecule has 0 radical (unpaired) electrons. The average Bonchev–Trinajstić information content (AvgIpc) is 3.30. The summed E-state index contributed by atoms with van der Waals surface area (Å²) in [5, 5.41) is 12.1. The van der Waals surface area contributed by atoms with E-state index in [1.165, 1.54) is 0 Å². The number of allylic oxidation sites excluding steroid dienone is 1. The molecule has 4 rings (SSSR count). The number of amides is 2. The Bertz CT molecular complexity index is 990. The molecule has 0 aromatic heterocycles. The third-order valence-electron chi connectivity index (χ3n) is 6.21. The topological polar surface area (TPSA) is 88.1 Å². The van der Waals surface area contributed by atoms with E-state index in [9.17, 15) is 14.7 Å². The van der Waals surface area contributed by atoms with Crippen molar-refractivity contribution in [1.29, 1.82) is 0 Å². The van der Waals surface area contributed by atoms with Gasteiger partial charge < -0.3 is 24.8 Å². The Morgan fingerprint density at radius 2 is 1.88 bits per heavy atom. The molecule has 0 aliphatic carbocycles. The van der Waals surface area contributed by atoms with Gasteiger partial charge in [-0.2, -0.15) is 0 Å². The minimum Gasteiger partial charge on any atom is -0.459 e. The molecule has 1 fully saturated rings. The van der Waals surface area contributed by atoms with Gasteiger partial charge in [0.05, 0.1) is 13.2 Å². The number of benzene rings is 2. The van der Waals surface area contributed by atoms with Crippen molar-refractivity contribution in [3.05, 3.63) is 83.1 Å². The van der Waals surface area contributed by atoms with Crippen LogP contribution in [0.1, 0.15) is 48.3 Å². The molecule has 2 atom stereocenters. The summed E-state index contributed by atoms with van der Waals surface area (Å²) in [6.07, 6.45) is 4.16. The van der Waals surface area contributed by atoms with Crippen LogP contribution in [0.4, 0.5) is 0 Å². The van der Waals surface area contributed by atoms with Gasteiger partial charge in [0.1, 0.15) is 0 Å². The molecule has 1 saturated heterocycles. The van der Waals surface area contributed by atoms with Gasteiger partial charge in [-0.25, -0.2) is 0 Å². The van der Waals surface area contributed by atoms with E-state index in [-0.39, 0.29) is 30.1 Å². The molecule has 34 heavy (non-hydrogen) atoms. The van der Waals surface area contributed by atoms with Crippen LogP contribution >= 0.6 is 0 Å². The van der Waals surface area contributed by atoms with Crippen molar-refractivity contribution >= 4 is 11.8 Å². The number of hydrogen-bond acceptors (Lipinski definition) is 5. The van der Waals surface area contributed by atoms with Crippen molar-refractivity contribution in [2.24, 2.45) is 0 Å². The first-order valence-electron chi connectivity index (χ1n) is 11.9. The minimum absolute atomic E-state index is 0.000290. The lowest BCUT2D eigenvalue weighted by Gasteiger charge is -2.29. The normalized spacial score (nSPS) is 20.1. The zero-order valence-electron chi connectivity index (χ0n) is 19.3. The molecule has 180 valence electrons. The Morgan fingerprint density at radius 1 is 1.12 bits per heavy atom. The van der Waals surface area contributed by atoms with E-state index in [0.29, 0.717) is 39.0 Å². The highest BCUT2D eigenvalue weighted by atomic mass is 16.7. The molecule has 7 nitrogen and oxygen atoms in total. The van der Waals surface area contributed by atoms with Crippen LogP contribution in [0.5, 0.6) is 0 Å². The lowest BCUT2D eigenvalue weighted by atomic mass is 9.93. The number of nitrogens with one attached hydrogen (secondary N) is 1. The molecular formula is C27H32N2O5. The summed E-state index contributed by atoms with van der Waals surface area (Å²) in [7, 11) is 0. The van der Waals surface area contributed by atoms with Crippen LogP contribution in [0.15, 0.2) is 66.4 Å². The van der Waals surface area contributed by atoms with E-state index < -0.39 is 6.29 Å². The summed E-state index contributed by atoms with van der Waals surface area (Å²) in [6.45, 7) is 2.29. The van der Waals surface area contributed by atoms with Crippen LogP contribution in [0.3, 0.4) is 0 Å². The Balaban J connectivity index is 1.35. The molecule has 7 heteroatoms. The molecule has 2 amide bonds. The smallest absolute Gasteiger partial charge is 0.286 e. The molecule has 2 aliphatic heterocycles. The van der Waals surface area contributed by atoms with Crippen LogP contribution in [0, 0.1) is 0 Å². The number of carbonyl (C=O) groups is 2. The summed E-state index contributed by atoms with van der Waals surface area (Å²) in [5.74, 6) is 0.188. The number of likely N-dealkylation sites (tertiary alicyclic amines) is 1. The number of aliphatic hydroxyl groups excluding tert-OH is 1. The zero-order chi connectivity index (χ0) is 23.8. The number of aliphatic hydroxyl groups is 1. The monoisotopic (exact) mass is 464 g/mol. The summed E-state index contributed by atoms with van der Waals surface area (Å²) < 4.78 is 12.0. The van der Waals surface area contributed by atoms with Crippen molar-refractivity contribution < 1.29 is 24.2 Å². The van der Waals surface area contributed by atoms with Gasteiger partial charge >= 0.3 is 0 Å². The largest absolute Gasteiger partial charge is 0.459 e. The maximum Gasteiger partial charge on any atom is 0.286 e. The number of ether oxygens (including phenoxy) is 2. The molecule has 2 N–H and O–H groups in total. The van der Waals surface area contributed by atoms with Crippen molar-refractivity contribution in [2.75, 3.05) is 19.6 Å². The van der Waals surface area contributed by atoms with Gasteiger partial charge in [-0.15, -0.1) is 0 Å².